The average Bonchev–Trinajstić information content (AvgIpc) is 3.28. The van der Waals surface area contributed by atoms with E-state index in [0.29, 0.717) is 6.61 Å². The molecule has 0 saturated heterocycles. The Morgan fingerprint density at radius 2 is 1.58 bits per heavy atom. The van der Waals surface area contributed by atoms with Gasteiger partial charge in [-0.25, -0.2) is 9.97 Å². The second kappa shape index (κ2) is 9.30. The van der Waals surface area contributed by atoms with Crippen molar-refractivity contribution < 1.29 is 9.47 Å². The fourth-order valence-corrected chi connectivity index (χ4v) is 4.63. The van der Waals surface area contributed by atoms with Gasteiger partial charge in [-0.15, -0.1) is 11.3 Å². The first kappa shape index (κ1) is 21.0. The van der Waals surface area contributed by atoms with Crippen LogP contribution in [0, 0.1) is 6.92 Å². The summed E-state index contributed by atoms with van der Waals surface area (Å²) in [5.74, 6) is 3.18. The van der Waals surface area contributed by atoms with Gasteiger partial charge in [0.1, 0.15) is 34.6 Å². The van der Waals surface area contributed by atoms with Crippen LogP contribution in [0.15, 0.2) is 84.2 Å². The predicted molar refractivity (Wildman–Crippen MR) is 135 cm³/mol. The first-order valence-electron chi connectivity index (χ1n) is 10.6. The molecule has 0 aliphatic rings. The van der Waals surface area contributed by atoms with Gasteiger partial charge in [0.05, 0.1) is 12.5 Å². The van der Waals surface area contributed by atoms with E-state index in [4.69, 9.17) is 14.5 Å². The minimum atomic E-state index is 0.541. The number of ether oxygens (including phenoxy) is 2. The molecule has 0 amide bonds. The quantitative estimate of drug-likeness (QED) is 0.288. The van der Waals surface area contributed by atoms with Crippen molar-refractivity contribution >= 4 is 33.1 Å². The lowest BCUT2D eigenvalue weighted by molar-refractivity contribution is 0.306. The molecule has 0 fully saturated rings. The van der Waals surface area contributed by atoms with Crippen LogP contribution >= 0.6 is 11.3 Å². The molecule has 0 aliphatic carbocycles. The van der Waals surface area contributed by atoms with Gasteiger partial charge in [0.25, 0.3) is 0 Å². The number of aryl methyl sites for hydroxylation is 1. The van der Waals surface area contributed by atoms with Gasteiger partial charge in [-0.1, -0.05) is 42.5 Å². The fourth-order valence-electron chi connectivity index (χ4n) is 3.63. The molecule has 0 saturated carbocycles. The zero-order valence-electron chi connectivity index (χ0n) is 18.4. The molecule has 0 aliphatic heterocycles. The van der Waals surface area contributed by atoms with E-state index in [1.807, 2.05) is 61.5 Å². The monoisotopic (exact) mass is 453 g/mol. The molecule has 33 heavy (non-hydrogen) atoms. The van der Waals surface area contributed by atoms with E-state index in [1.54, 1.807) is 18.4 Å². The van der Waals surface area contributed by atoms with E-state index in [1.165, 1.54) is 0 Å². The van der Waals surface area contributed by atoms with Crippen LogP contribution in [0.1, 0.15) is 11.4 Å². The number of hydrogen-bond donors (Lipinski definition) is 1. The molecule has 0 unspecified atom stereocenters. The van der Waals surface area contributed by atoms with Crippen molar-refractivity contribution in [2.24, 2.45) is 0 Å². The topological polar surface area (TPSA) is 56.3 Å². The Bertz CT molecular complexity index is 1360. The number of anilines is 2. The smallest absolute Gasteiger partial charge is 0.143 e. The van der Waals surface area contributed by atoms with Crippen LogP contribution in [0.5, 0.6) is 11.5 Å². The number of nitrogens with one attached hydrogen (secondary N) is 1. The number of thiophene rings is 1. The Hall–Kier alpha value is -3.90. The molecule has 5 aromatic rings. The summed E-state index contributed by atoms with van der Waals surface area (Å²) < 4.78 is 11.2. The van der Waals surface area contributed by atoms with Crippen LogP contribution in [0.4, 0.5) is 11.5 Å². The third kappa shape index (κ3) is 4.66. The lowest BCUT2D eigenvalue weighted by Gasteiger charge is -2.11. The molecule has 0 spiro atoms. The van der Waals surface area contributed by atoms with E-state index in [9.17, 15) is 0 Å². The van der Waals surface area contributed by atoms with Gasteiger partial charge in [0, 0.05) is 16.6 Å². The van der Waals surface area contributed by atoms with Crippen LogP contribution in [-0.4, -0.2) is 17.1 Å². The highest BCUT2D eigenvalue weighted by atomic mass is 32.1. The highest BCUT2D eigenvalue weighted by molar-refractivity contribution is 7.17. The molecule has 5 nitrogen and oxygen atoms in total. The maximum absolute atomic E-state index is 5.91. The number of fused-ring (bicyclic) bond motifs is 1. The molecule has 2 aromatic heterocycles. The van der Waals surface area contributed by atoms with Gasteiger partial charge in [-0.05, 0) is 54.4 Å². The molecule has 0 radical (unpaired) electrons. The number of methoxy groups -OCH3 is 1. The van der Waals surface area contributed by atoms with E-state index in [-0.39, 0.29) is 0 Å². The van der Waals surface area contributed by atoms with Gasteiger partial charge in [0.15, 0.2) is 0 Å². The first-order chi connectivity index (χ1) is 16.2. The third-order valence-corrected chi connectivity index (χ3v) is 6.18. The second-order valence-electron chi connectivity index (χ2n) is 7.60. The molecule has 0 bridgehead atoms. The average molecular weight is 454 g/mol. The maximum atomic E-state index is 5.91. The molecule has 5 rings (SSSR count). The van der Waals surface area contributed by atoms with Crippen molar-refractivity contribution in [2.45, 2.75) is 13.5 Å². The van der Waals surface area contributed by atoms with E-state index >= 15 is 0 Å². The summed E-state index contributed by atoms with van der Waals surface area (Å²) in [6.45, 7) is 2.46. The van der Waals surface area contributed by atoms with Crippen molar-refractivity contribution in [2.75, 3.05) is 12.4 Å². The SMILES string of the molecule is COc1ccc(-c2csc3nc(C)nc(Nc4ccc(OCc5ccccc5)cc4)c23)cc1. The Labute approximate surface area is 196 Å². The van der Waals surface area contributed by atoms with Crippen LogP contribution in [-0.2, 0) is 6.61 Å². The Morgan fingerprint density at radius 3 is 2.30 bits per heavy atom. The Kier molecular flexibility index (Phi) is 5.91. The van der Waals surface area contributed by atoms with Crippen molar-refractivity contribution in [1.82, 2.24) is 9.97 Å². The van der Waals surface area contributed by atoms with Gasteiger partial charge in [-0.2, -0.15) is 0 Å². The molecule has 2 heterocycles. The van der Waals surface area contributed by atoms with E-state index < -0.39 is 0 Å². The lowest BCUT2D eigenvalue weighted by Crippen LogP contribution is -1.99. The van der Waals surface area contributed by atoms with Gasteiger partial charge < -0.3 is 14.8 Å². The summed E-state index contributed by atoms with van der Waals surface area (Å²) in [6.07, 6.45) is 0. The van der Waals surface area contributed by atoms with Crippen LogP contribution < -0.4 is 14.8 Å². The molecule has 164 valence electrons. The standard InChI is InChI=1S/C27H23N3O2S/c1-18-28-26(25-24(17-33-27(25)29-18)20-8-12-22(31-2)13-9-20)30-21-10-14-23(15-11-21)32-16-19-6-4-3-5-7-19/h3-15,17H,16H2,1-2H3,(H,28,29,30). The summed E-state index contributed by atoms with van der Waals surface area (Å²) in [6, 6.07) is 26.1. The second-order valence-corrected chi connectivity index (χ2v) is 8.46. The summed E-state index contributed by atoms with van der Waals surface area (Å²) in [5.41, 5.74) is 4.28. The number of benzene rings is 3. The number of rotatable bonds is 7. The van der Waals surface area contributed by atoms with Gasteiger partial charge in [-0.3, -0.25) is 0 Å². The minimum absolute atomic E-state index is 0.541. The van der Waals surface area contributed by atoms with Gasteiger partial charge in [0.2, 0.25) is 0 Å². The molecule has 0 atom stereocenters. The highest BCUT2D eigenvalue weighted by Crippen LogP contribution is 2.38. The Balaban J connectivity index is 1.40. The molecule has 1 N–H and O–H groups in total. The van der Waals surface area contributed by atoms with Crippen LogP contribution in [0.25, 0.3) is 21.3 Å². The molecular formula is C27H23N3O2S. The lowest BCUT2D eigenvalue weighted by atomic mass is 10.1. The summed E-state index contributed by atoms with van der Waals surface area (Å²) in [4.78, 5) is 10.3. The summed E-state index contributed by atoms with van der Waals surface area (Å²) >= 11 is 1.62. The molecule has 3 aromatic carbocycles. The Morgan fingerprint density at radius 1 is 0.848 bits per heavy atom. The number of nitrogens with zero attached hydrogens (tertiary/aromatic N) is 2. The summed E-state index contributed by atoms with van der Waals surface area (Å²) in [7, 11) is 1.67. The molecular weight excluding hydrogens is 430 g/mol. The van der Waals surface area contributed by atoms with E-state index in [0.717, 1.165) is 55.7 Å². The summed E-state index contributed by atoms with van der Waals surface area (Å²) in [5, 5.41) is 6.63. The van der Waals surface area contributed by atoms with Gasteiger partial charge >= 0.3 is 0 Å². The normalized spacial score (nSPS) is 10.8. The third-order valence-electron chi connectivity index (χ3n) is 5.31. The van der Waals surface area contributed by atoms with Crippen molar-refractivity contribution in [3.63, 3.8) is 0 Å². The minimum Gasteiger partial charge on any atom is -0.497 e. The van der Waals surface area contributed by atoms with Crippen molar-refractivity contribution in [1.29, 1.82) is 0 Å². The van der Waals surface area contributed by atoms with Crippen molar-refractivity contribution in [3.05, 3.63) is 95.6 Å². The van der Waals surface area contributed by atoms with Crippen molar-refractivity contribution in [3.8, 4) is 22.6 Å². The largest absolute Gasteiger partial charge is 0.497 e. The maximum Gasteiger partial charge on any atom is 0.143 e. The predicted octanol–water partition coefficient (Wildman–Crippen LogP) is 7.00. The molecule has 6 heteroatoms. The number of hydrogen-bond acceptors (Lipinski definition) is 6. The zero-order valence-corrected chi connectivity index (χ0v) is 19.2. The highest BCUT2D eigenvalue weighted by Gasteiger charge is 2.15. The van der Waals surface area contributed by atoms with E-state index in [2.05, 4.69) is 39.9 Å². The first-order valence-corrected chi connectivity index (χ1v) is 11.5. The number of aromatic nitrogens is 2. The zero-order chi connectivity index (χ0) is 22.6. The fraction of sp³-hybridized carbons (Fsp3) is 0.111. The van der Waals surface area contributed by atoms with Crippen LogP contribution in [0.3, 0.4) is 0 Å². The van der Waals surface area contributed by atoms with Crippen LogP contribution in [0.2, 0.25) is 0 Å².